The first-order chi connectivity index (χ1) is 6.77. The van der Waals surface area contributed by atoms with Crippen molar-refractivity contribution in [2.24, 2.45) is 0 Å². The monoisotopic (exact) mass is 188 g/mol. The highest BCUT2D eigenvalue weighted by atomic mass is 16.4. The molecule has 0 fully saturated rings. The fourth-order valence-electron chi connectivity index (χ4n) is 0.637. The lowest BCUT2D eigenvalue weighted by molar-refractivity contribution is -0.131. The van der Waals surface area contributed by atoms with E-state index in [0.717, 1.165) is 18.9 Å². The van der Waals surface area contributed by atoms with Crippen LogP contribution in [0.5, 0.6) is 0 Å². The van der Waals surface area contributed by atoms with E-state index in [1.807, 2.05) is 6.08 Å². The minimum Gasteiger partial charge on any atom is -0.478 e. The molecule has 2 heteroatoms. The topological polar surface area (TPSA) is 37.3 Å². The maximum atomic E-state index is 10.0. The van der Waals surface area contributed by atoms with Crippen LogP contribution in [-0.2, 0) is 4.79 Å². The number of unbranched alkanes of at least 4 members (excludes halogenated alkanes) is 1. The summed E-state index contributed by atoms with van der Waals surface area (Å²) in [5, 5.41) is 8.26. The number of rotatable bonds is 4. The molecule has 14 heavy (non-hydrogen) atoms. The van der Waals surface area contributed by atoms with E-state index in [1.165, 1.54) is 6.08 Å². The van der Waals surface area contributed by atoms with Crippen molar-refractivity contribution in [2.45, 2.75) is 19.8 Å². The Morgan fingerprint density at radius 1 is 1.36 bits per heavy atom. The lowest BCUT2D eigenvalue weighted by atomic mass is 10.3. The van der Waals surface area contributed by atoms with E-state index in [2.05, 4.69) is 23.7 Å². The number of aliphatic carboxylic acids is 1. The van der Waals surface area contributed by atoms with Gasteiger partial charge in [0.1, 0.15) is 0 Å². The molecule has 0 unspecified atom stereocenters. The molecule has 0 aromatic carbocycles. The molecule has 0 amide bonds. The van der Waals surface area contributed by atoms with Gasteiger partial charge in [0.2, 0.25) is 0 Å². The van der Waals surface area contributed by atoms with Crippen LogP contribution >= 0.6 is 0 Å². The van der Waals surface area contributed by atoms with Gasteiger partial charge in [0, 0.05) is 12.5 Å². The van der Waals surface area contributed by atoms with E-state index in [1.54, 1.807) is 13.0 Å². The van der Waals surface area contributed by atoms with Crippen LogP contribution in [0.2, 0.25) is 0 Å². The smallest absolute Gasteiger partial charge is 0.328 e. The molecule has 72 valence electrons. The summed E-state index contributed by atoms with van der Waals surface area (Å²) < 4.78 is 0. The summed E-state index contributed by atoms with van der Waals surface area (Å²) in [5.41, 5.74) is 0. The van der Waals surface area contributed by atoms with E-state index in [4.69, 9.17) is 5.11 Å². The van der Waals surface area contributed by atoms with Crippen molar-refractivity contribution in [2.75, 3.05) is 0 Å². The number of carbonyl (C=O) groups is 1. The first-order valence-electron chi connectivity index (χ1n) is 4.23. The number of carboxylic acids is 1. The van der Waals surface area contributed by atoms with Gasteiger partial charge in [-0.15, -0.1) is 0 Å². The van der Waals surface area contributed by atoms with Crippen molar-refractivity contribution in [1.82, 2.24) is 0 Å². The normalized spacial score (nSPS) is 9.21. The first kappa shape index (κ1) is 12.1. The molecule has 2 nitrogen and oxygen atoms in total. The quantitative estimate of drug-likeness (QED) is 0.317. The van der Waals surface area contributed by atoms with Gasteiger partial charge in [-0.1, -0.05) is 30.1 Å². The van der Waals surface area contributed by atoms with Crippen molar-refractivity contribution < 1.29 is 9.90 Å². The number of allylic oxidation sites excluding steroid dienone is 3. The Morgan fingerprint density at radius 3 is 2.79 bits per heavy atom. The van der Waals surface area contributed by atoms with Crippen molar-refractivity contribution in [1.29, 1.82) is 0 Å². The summed E-state index contributed by atoms with van der Waals surface area (Å²) in [4.78, 5) is 10.0. The summed E-state index contributed by atoms with van der Waals surface area (Å²) in [5.74, 6) is 9.93. The van der Waals surface area contributed by atoms with Crippen LogP contribution in [0, 0.1) is 23.7 Å². The molecule has 0 rings (SSSR count). The first-order valence-corrected chi connectivity index (χ1v) is 4.23. The number of hydrogen-bond donors (Lipinski definition) is 1. The summed E-state index contributed by atoms with van der Waals surface area (Å²) in [6.07, 6.45) is 7.69. The van der Waals surface area contributed by atoms with Gasteiger partial charge >= 0.3 is 5.97 Å². The van der Waals surface area contributed by atoms with Gasteiger partial charge in [-0.05, 0) is 25.2 Å². The van der Waals surface area contributed by atoms with Crippen molar-refractivity contribution in [3.05, 3.63) is 24.3 Å². The molecule has 0 heterocycles. The summed E-state index contributed by atoms with van der Waals surface area (Å²) in [6.45, 7) is 1.74. The maximum Gasteiger partial charge on any atom is 0.328 e. The Balaban J connectivity index is 3.59. The molecule has 0 bridgehead atoms. The highest BCUT2D eigenvalue weighted by Crippen LogP contribution is 1.89. The number of hydrogen-bond acceptors (Lipinski definition) is 1. The molecule has 0 aliphatic heterocycles. The number of carboxylic acid groups (broad SMARTS) is 1. The average molecular weight is 188 g/mol. The highest BCUT2D eigenvalue weighted by Gasteiger charge is 1.80. The van der Waals surface area contributed by atoms with Crippen LogP contribution < -0.4 is 0 Å². The van der Waals surface area contributed by atoms with Crippen molar-refractivity contribution in [3.8, 4) is 23.7 Å². The van der Waals surface area contributed by atoms with Gasteiger partial charge in [-0.2, -0.15) is 0 Å². The predicted molar refractivity (Wildman–Crippen MR) is 56.4 cm³/mol. The second-order valence-corrected chi connectivity index (χ2v) is 2.34. The van der Waals surface area contributed by atoms with Gasteiger partial charge < -0.3 is 5.11 Å². The molecule has 0 atom stereocenters. The average Bonchev–Trinajstić information content (AvgIpc) is 2.15. The lowest BCUT2D eigenvalue weighted by Gasteiger charge is -1.80. The Kier molecular flexibility index (Phi) is 7.90. The highest BCUT2D eigenvalue weighted by molar-refractivity contribution is 5.80. The molecule has 0 radical (unpaired) electrons. The Labute approximate surface area is 84.3 Å². The van der Waals surface area contributed by atoms with Crippen LogP contribution in [-0.4, -0.2) is 11.1 Å². The summed E-state index contributed by atoms with van der Waals surface area (Å²) in [7, 11) is 0. The third kappa shape index (κ3) is 10.1. The van der Waals surface area contributed by atoms with Gasteiger partial charge in [0.05, 0.1) is 0 Å². The molecule has 0 aliphatic rings. The standard InChI is InChI=1S/C12H12O2/c1-2-3-4-5-6-7-8-9-10-11-12(13)14/h8-11H,6-7H2,1H3,(H,13,14)/b9-8-,11-10+. The minimum atomic E-state index is -0.937. The zero-order chi connectivity index (χ0) is 10.6. The van der Waals surface area contributed by atoms with Crippen molar-refractivity contribution in [3.63, 3.8) is 0 Å². The van der Waals surface area contributed by atoms with Crippen LogP contribution in [0.3, 0.4) is 0 Å². The van der Waals surface area contributed by atoms with Crippen LogP contribution in [0.15, 0.2) is 24.3 Å². The van der Waals surface area contributed by atoms with Crippen LogP contribution in [0.1, 0.15) is 19.8 Å². The van der Waals surface area contributed by atoms with E-state index in [0.29, 0.717) is 0 Å². The second-order valence-electron chi connectivity index (χ2n) is 2.34. The van der Waals surface area contributed by atoms with Crippen molar-refractivity contribution >= 4 is 5.97 Å². The van der Waals surface area contributed by atoms with Crippen LogP contribution in [0.4, 0.5) is 0 Å². The SMILES string of the molecule is CC#CC#CCC/C=C\C=C\C(=O)O. The molecule has 0 saturated heterocycles. The van der Waals surface area contributed by atoms with Gasteiger partial charge in [-0.3, -0.25) is 0 Å². The fourth-order valence-corrected chi connectivity index (χ4v) is 0.637. The molecule has 0 aromatic heterocycles. The minimum absolute atomic E-state index is 0.742. The summed E-state index contributed by atoms with van der Waals surface area (Å²) >= 11 is 0. The van der Waals surface area contributed by atoms with Gasteiger partial charge in [0.25, 0.3) is 0 Å². The van der Waals surface area contributed by atoms with Crippen LogP contribution in [0.25, 0.3) is 0 Å². The molecule has 0 aliphatic carbocycles. The third-order valence-corrected chi connectivity index (χ3v) is 1.20. The Bertz CT molecular complexity index is 340. The zero-order valence-corrected chi connectivity index (χ0v) is 8.08. The lowest BCUT2D eigenvalue weighted by Crippen LogP contribution is -1.84. The zero-order valence-electron chi connectivity index (χ0n) is 8.08. The van der Waals surface area contributed by atoms with E-state index in [9.17, 15) is 4.79 Å². The molecule has 0 aromatic rings. The Morgan fingerprint density at radius 2 is 2.14 bits per heavy atom. The maximum absolute atomic E-state index is 10.0. The largest absolute Gasteiger partial charge is 0.478 e. The molecule has 0 spiro atoms. The molecular formula is C12H12O2. The van der Waals surface area contributed by atoms with E-state index < -0.39 is 5.97 Å². The van der Waals surface area contributed by atoms with Gasteiger partial charge in [-0.25, -0.2) is 4.79 Å². The third-order valence-electron chi connectivity index (χ3n) is 1.20. The predicted octanol–water partition coefficient (Wildman–Crippen LogP) is 1.99. The molecule has 0 saturated carbocycles. The molecule has 1 N–H and O–H groups in total. The van der Waals surface area contributed by atoms with Gasteiger partial charge in [0.15, 0.2) is 0 Å². The van der Waals surface area contributed by atoms with E-state index in [-0.39, 0.29) is 0 Å². The summed E-state index contributed by atoms with van der Waals surface area (Å²) in [6, 6.07) is 0. The Hall–Kier alpha value is -1.93. The fraction of sp³-hybridized carbons (Fsp3) is 0.250. The molecular weight excluding hydrogens is 176 g/mol. The van der Waals surface area contributed by atoms with E-state index >= 15 is 0 Å². The second kappa shape index (κ2) is 9.16.